The molecule has 1 amide bonds. The van der Waals surface area contributed by atoms with Crippen LogP contribution in [-0.4, -0.2) is 36.5 Å². The van der Waals surface area contributed by atoms with E-state index in [-0.39, 0.29) is 56.1 Å². The average Bonchev–Trinajstić information content (AvgIpc) is 2.78. The summed E-state index contributed by atoms with van der Waals surface area (Å²) < 4.78 is 28.2. The van der Waals surface area contributed by atoms with Crippen LogP contribution >= 0.6 is 0 Å². The van der Waals surface area contributed by atoms with Crippen LogP contribution < -0.4 is 10.6 Å². The van der Waals surface area contributed by atoms with Gasteiger partial charge < -0.3 is 23.0 Å². The molecular weight excluding hydrogens is 648 g/mol. The molecule has 33 heavy (non-hydrogen) atoms. The molecule has 1 fully saturated rings. The molecule has 0 bridgehead atoms. The molecule has 2 heterocycles. The van der Waals surface area contributed by atoms with Crippen LogP contribution in [0.2, 0.25) is 0 Å². The number of anilines is 1. The smallest absolute Gasteiger partial charge is 0.360 e. The Bertz CT molecular complexity index is 1130. The summed E-state index contributed by atoms with van der Waals surface area (Å²) in [7, 11) is 0. The van der Waals surface area contributed by atoms with E-state index in [0.29, 0.717) is 42.2 Å². The van der Waals surface area contributed by atoms with Crippen molar-refractivity contribution in [2.45, 2.75) is 18.9 Å². The standard InChI is InChI=1S/C24H21F2N4O.CH3.U/c25-19-3-1-5-21(13-19)30-10-8-17(24(31)29-9-2-4-20(28)15-29)12-23(30)16-6-7-18(14-27)22(26)11-16;;/h1,5-8,11-13,20H,2,4,9-10,15,28H2;1H3;/q2*-1;+2. The van der Waals surface area contributed by atoms with Gasteiger partial charge in [0.2, 0.25) is 0 Å². The fourth-order valence-corrected chi connectivity index (χ4v) is 3.94. The van der Waals surface area contributed by atoms with Crippen molar-refractivity contribution in [3.8, 4) is 6.07 Å². The Kier molecular flexibility index (Phi) is 9.43. The normalized spacial score (nSPS) is 17.7. The molecule has 2 N–H and O–H groups in total. The Labute approximate surface area is 216 Å². The molecule has 5 nitrogen and oxygen atoms in total. The molecule has 0 aliphatic carbocycles. The number of carbonyl (C=O) groups excluding carboxylic acids is 1. The second-order valence-corrected chi connectivity index (χ2v) is 7.65. The SMILES string of the molecule is N#Cc1ccc(C2=CC(C(=O)N3CCCC(N)C3)=CCN2c2cc[c-]c(F)c2)cc1F.[CH3-].[U+2]. The predicted octanol–water partition coefficient (Wildman–Crippen LogP) is 3.82. The van der Waals surface area contributed by atoms with E-state index in [2.05, 4.69) is 6.07 Å². The molecular formula is C25H24F2N4OU. The van der Waals surface area contributed by atoms with E-state index < -0.39 is 11.6 Å². The van der Waals surface area contributed by atoms with Crippen LogP contribution in [0, 0.1) is 67.6 Å². The van der Waals surface area contributed by atoms with E-state index in [0.717, 1.165) is 12.8 Å². The molecule has 0 saturated carbocycles. The third-order valence-electron chi connectivity index (χ3n) is 5.52. The quantitative estimate of drug-likeness (QED) is 0.504. The van der Waals surface area contributed by atoms with Gasteiger partial charge in [0.05, 0.1) is 5.56 Å². The van der Waals surface area contributed by atoms with Crippen LogP contribution in [0.3, 0.4) is 0 Å². The van der Waals surface area contributed by atoms with Crippen molar-refractivity contribution in [3.63, 3.8) is 0 Å². The molecule has 1 unspecified atom stereocenters. The number of hydrogen-bond acceptors (Lipinski definition) is 4. The van der Waals surface area contributed by atoms with Gasteiger partial charge in [0.1, 0.15) is 11.9 Å². The molecule has 2 aliphatic rings. The average molecular weight is 673 g/mol. The number of halogens is 2. The second-order valence-electron chi connectivity index (χ2n) is 7.65. The molecule has 0 aromatic heterocycles. The molecule has 4 rings (SSSR count). The first-order valence-corrected chi connectivity index (χ1v) is 10.1. The van der Waals surface area contributed by atoms with E-state index in [1.807, 2.05) is 0 Å². The van der Waals surface area contributed by atoms with E-state index in [4.69, 9.17) is 11.0 Å². The maximum atomic E-state index is 14.4. The van der Waals surface area contributed by atoms with Crippen molar-refractivity contribution in [2.24, 2.45) is 5.73 Å². The zero-order valence-electron chi connectivity index (χ0n) is 18.3. The fraction of sp³-hybridized carbons (Fsp3) is 0.240. The summed E-state index contributed by atoms with van der Waals surface area (Å²) in [4.78, 5) is 16.6. The maximum Gasteiger partial charge on any atom is 2.00 e. The third-order valence-corrected chi connectivity index (χ3v) is 5.52. The van der Waals surface area contributed by atoms with Gasteiger partial charge in [-0.05, 0) is 31.1 Å². The number of amides is 1. The van der Waals surface area contributed by atoms with Crippen molar-refractivity contribution in [1.29, 1.82) is 5.26 Å². The Balaban J connectivity index is 0.00000193. The zero-order chi connectivity index (χ0) is 22.0. The molecule has 0 radical (unpaired) electrons. The number of hydrogen-bond donors (Lipinski definition) is 1. The van der Waals surface area contributed by atoms with Gasteiger partial charge in [0.15, 0.2) is 0 Å². The molecule has 2 aromatic carbocycles. The first-order valence-electron chi connectivity index (χ1n) is 10.1. The summed E-state index contributed by atoms with van der Waals surface area (Å²) in [5, 5.41) is 9.03. The summed E-state index contributed by atoms with van der Waals surface area (Å²) in [5.74, 6) is -1.30. The van der Waals surface area contributed by atoms with Crippen LogP contribution in [0.1, 0.15) is 24.0 Å². The van der Waals surface area contributed by atoms with Gasteiger partial charge in [-0.25, -0.2) is 8.78 Å². The van der Waals surface area contributed by atoms with Crippen LogP contribution in [0.4, 0.5) is 14.5 Å². The monoisotopic (exact) mass is 672 g/mol. The minimum Gasteiger partial charge on any atom is -0.360 e. The molecule has 2 aliphatic heterocycles. The molecule has 1 saturated heterocycles. The van der Waals surface area contributed by atoms with E-state index in [9.17, 15) is 13.6 Å². The summed E-state index contributed by atoms with van der Waals surface area (Å²) in [6, 6.07) is 13.0. The summed E-state index contributed by atoms with van der Waals surface area (Å²) in [6.07, 6.45) is 5.20. The Morgan fingerprint density at radius 2 is 2.03 bits per heavy atom. The number of benzene rings is 2. The summed E-state index contributed by atoms with van der Waals surface area (Å²) in [6.45, 7) is 1.44. The molecule has 8 heteroatoms. The first-order chi connectivity index (χ1) is 15.0. The van der Waals surface area contributed by atoms with Gasteiger partial charge in [0.25, 0.3) is 5.91 Å². The Hall–Kier alpha value is -2.45. The van der Waals surface area contributed by atoms with E-state index in [1.165, 1.54) is 24.3 Å². The van der Waals surface area contributed by atoms with Crippen LogP contribution in [-0.2, 0) is 4.79 Å². The van der Waals surface area contributed by atoms with Crippen molar-refractivity contribution in [2.75, 3.05) is 24.5 Å². The first kappa shape index (κ1) is 26.8. The van der Waals surface area contributed by atoms with Crippen molar-refractivity contribution in [1.82, 2.24) is 4.90 Å². The van der Waals surface area contributed by atoms with Gasteiger partial charge in [-0.3, -0.25) is 4.79 Å². The third kappa shape index (κ3) is 5.92. The van der Waals surface area contributed by atoms with Crippen molar-refractivity contribution < 1.29 is 44.7 Å². The number of nitrogens with two attached hydrogens (primary N) is 1. The Morgan fingerprint density at radius 1 is 1.24 bits per heavy atom. The minimum absolute atomic E-state index is 0. The van der Waals surface area contributed by atoms with E-state index >= 15 is 0 Å². The number of piperidine rings is 1. The minimum atomic E-state index is -0.655. The fourth-order valence-electron chi connectivity index (χ4n) is 3.94. The number of nitrogens with zero attached hydrogens (tertiary/aromatic N) is 3. The van der Waals surface area contributed by atoms with Gasteiger partial charge in [-0.15, -0.1) is 18.2 Å². The zero-order valence-corrected chi connectivity index (χ0v) is 22.5. The topological polar surface area (TPSA) is 73.4 Å². The molecule has 1 atom stereocenters. The molecule has 168 valence electrons. The largest absolute Gasteiger partial charge is 2.00 e. The maximum absolute atomic E-state index is 14.4. The number of likely N-dealkylation sites (tertiary alicyclic amines) is 1. The Morgan fingerprint density at radius 3 is 2.70 bits per heavy atom. The van der Waals surface area contributed by atoms with E-state index in [1.54, 1.807) is 40.2 Å². The van der Waals surface area contributed by atoms with Gasteiger partial charge in [-0.2, -0.15) is 11.3 Å². The van der Waals surface area contributed by atoms with Crippen molar-refractivity contribution in [3.05, 3.63) is 90.4 Å². The molecule has 0 spiro atoms. The number of rotatable bonds is 3. The predicted molar refractivity (Wildman–Crippen MR) is 120 cm³/mol. The van der Waals surface area contributed by atoms with Gasteiger partial charge in [0, 0.05) is 48.3 Å². The number of carbonyl (C=O) groups is 1. The van der Waals surface area contributed by atoms with Crippen LogP contribution in [0.15, 0.2) is 54.1 Å². The second kappa shape index (κ2) is 11.6. The van der Waals surface area contributed by atoms with Gasteiger partial charge >= 0.3 is 31.1 Å². The molecule has 2 aromatic rings. The van der Waals surface area contributed by atoms with Crippen molar-refractivity contribution >= 4 is 17.3 Å². The number of nitriles is 1. The van der Waals surface area contributed by atoms with Crippen LogP contribution in [0.5, 0.6) is 0 Å². The summed E-state index contributed by atoms with van der Waals surface area (Å²) in [5.41, 5.74) is 8.01. The van der Waals surface area contributed by atoms with Gasteiger partial charge in [-0.1, -0.05) is 17.8 Å². The summed E-state index contributed by atoms with van der Waals surface area (Å²) >= 11 is 0. The van der Waals surface area contributed by atoms with Crippen LogP contribution in [0.25, 0.3) is 5.70 Å².